The van der Waals surface area contributed by atoms with Crippen molar-refractivity contribution in [2.75, 3.05) is 6.54 Å². The Morgan fingerprint density at radius 2 is 1.40 bits per heavy atom. The summed E-state index contributed by atoms with van der Waals surface area (Å²) < 4.78 is 0. The lowest BCUT2D eigenvalue weighted by Gasteiger charge is -2.28. The summed E-state index contributed by atoms with van der Waals surface area (Å²) in [6.07, 6.45) is 2.07. The van der Waals surface area contributed by atoms with Crippen LogP contribution in [0, 0.1) is 11.8 Å². The minimum Gasteiger partial charge on any atom is -0.480 e. The average Bonchev–Trinajstić information content (AvgIpc) is 2.80. The molecule has 0 aliphatic heterocycles. The minimum atomic E-state index is -1.15. The van der Waals surface area contributed by atoms with E-state index in [9.17, 15) is 24.3 Å². The summed E-state index contributed by atoms with van der Waals surface area (Å²) in [5, 5.41) is 17.3. The van der Waals surface area contributed by atoms with Gasteiger partial charge in [-0.1, -0.05) is 64.4 Å². The lowest BCUT2D eigenvalue weighted by molar-refractivity contribution is -0.143. The van der Waals surface area contributed by atoms with E-state index in [4.69, 9.17) is 11.5 Å². The van der Waals surface area contributed by atoms with E-state index in [0.29, 0.717) is 19.4 Å². The van der Waals surface area contributed by atoms with Gasteiger partial charge in [-0.3, -0.25) is 14.4 Å². The number of hydrogen-bond acceptors (Lipinski definition) is 6. The molecule has 1 aromatic rings. The van der Waals surface area contributed by atoms with Crippen LogP contribution in [0.4, 0.5) is 0 Å². The molecule has 0 radical (unpaired) electrons. The van der Waals surface area contributed by atoms with Gasteiger partial charge < -0.3 is 32.5 Å². The van der Waals surface area contributed by atoms with Crippen molar-refractivity contribution in [1.29, 1.82) is 0 Å². The quantitative estimate of drug-likeness (QED) is 0.194. The Morgan fingerprint density at radius 1 is 0.829 bits per heavy atom. The summed E-state index contributed by atoms with van der Waals surface area (Å²) in [5.41, 5.74) is 12.3. The fourth-order valence-corrected chi connectivity index (χ4v) is 3.52. The molecule has 0 saturated heterocycles. The Balaban J connectivity index is 3.03. The summed E-state index contributed by atoms with van der Waals surface area (Å²) in [4.78, 5) is 50.4. The molecule has 1 rings (SSSR count). The third kappa shape index (κ3) is 10.4. The third-order valence-corrected chi connectivity index (χ3v) is 5.70. The molecule has 0 saturated carbocycles. The highest BCUT2D eigenvalue weighted by Crippen LogP contribution is 2.09. The largest absolute Gasteiger partial charge is 0.480 e. The van der Waals surface area contributed by atoms with Crippen LogP contribution in [0.2, 0.25) is 0 Å². The Hall–Kier alpha value is -2.98. The van der Waals surface area contributed by atoms with E-state index in [1.165, 1.54) is 0 Å². The zero-order chi connectivity index (χ0) is 26.5. The van der Waals surface area contributed by atoms with E-state index < -0.39 is 47.9 Å². The molecule has 0 fully saturated rings. The van der Waals surface area contributed by atoms with Crippen LogP contribution in [0.15, 0.2) is 30.3 Å². The third-order valence-electron chi connectivity index (χ3n) is 5.70. The number of aliphatic carboxylic acids is 1. The molecule has 0 spiro atoms. The summed E-state index contributed by atoms with van der Waals surface area (Å²) >= 11 is 0. The van der Waals surface area contributed by atoms with E-state index in [-0.39, 0.29) is 18.3 Å². The summed E-state index contributed by atoms with van der Waals surface area (Å²) in [5.74, 6) is -3.44. The lowest BCUT2D eigenvalue weighted by atomic mass is 9.99. The number of nitrogens with two attached hydrogens (primary N) is 2. The molecule has 10 heteroatoms. The van der Waals surface area contributed by atoms with Gasteiger partial charge in [0, 0.05) is 6.42 Å². The molecule has 0 heterocycles. The maximum Gasteiger partial charge on any atom is 0.326 e. The van der Waals surface area contributed by atoms with Gasteiger partial charge in [-0.15, -0.1) is 0 Å². The van der Waals surface area contributed by atoms with Crippen molar-refractivity contribution >= 4 is 23.7 Å². The topological polar surface area (TPSA) is 177 Å². The number of hydrogen-bond donors (Lipinski definition) is 6. The van der Waals surface area contributed by atoms with Crippen LogP contribution >= 0.6 is 0 Å². The Labute approximate surface area is 207 Å². The fourth-order valence-electron chi connectivity index (χ4n) is 3.52. The van der Waals surface area contributed by atoms with Crippen molar-refractivity contribution in [3.05, 3.63) is 35.9 Å². The minimum absolute atomic E-state index is 0.199. The second kappa shape index (κ2) is 15.1. The lowest BCUT2D eigenvalue weighted by Crippen LogP contribution is -2.59. The Kier molecular flexibility index (Phi) is 13.0. The van der Waals surface area contributed by atoms with Crippen LogP contribution in [0.1, 0.15) is 52.5 Å². The smallest absolute Gasteiger partial charge is 0.326 e. The predicted molar refractivity (Wildman–Crippen MR) is 134 cm³/mol. The van der Waals surface area contributed by atoms with Crippen molar-refractivity contribution in [1.82, 2.24) is 16.0 Å². The van der Waals surface area contributed by atoms with Gasteiger partial charge >= 0.3 is 5.97 Å². The molecular weight excluding hydrogens is 450 g/mol. The van der Waals surface area contributed by atoms with Crippen LogP contribution in [-0.2, 0) is 25.6 Å². The first-order valence-corrected chi connectivity index (χ1v) is 12.1. The maximum atomic E-state index is 13.3. The van der Waals surface area contributed by atoms with Crippen molar-refractivity contribution < 1.29 is 24.3 Å². The standard InChI is InChI=1S/C25H41N5O5/c1-15(2)20(24(33)30-21(16(3)4)25(34)35)29-23(32)19(14-17-10-6-5-7-11-17)28-22(31)18(27)12-8-9-13-26/h5-7,10-11,15-16,18-21H,8-9,12-14,26-27H2,1-4H3,(H,28,31)(H,29,32)(H,30,33)(H,34,35). The number of carbonyl (C=O) groups excluding carboxylic acids is 3. The predicted octanol–water partition coefficient (Wildman–Crippen LogP) is 0.536. The van der Waals surface area contributed by atoms with Crippen LogP contribution in [0.5, 0.6) is 0 Å². The van der Waals surface area contributed by atoms with Crippen LogP contribution < -0.4 is 27.4 Å². The van der Waals surface area contributed by atoms with Crippen LogP contribution in [0.25, 0.3) is 0 Å². The number of carboxylic acid groups (broad SMARTS) is 1. The zero-order valence-corrected chi connectivity index (χ0v) is 21.1. The molecule has 0 aliphatic rings. The second-order valence-corrected chi connectivity index (χ2v) is 9.44. The van der Waals surface area contributed by atoms with Gasteiger partial charge in [-0.05, 0) is 36.8 Å². The van der Waals surface area contributed by atoms with Crippen molar-refractivity contribution in [2.24, 2.45) is 23.3 Å². The van der Waals surface area contributed by atoms with E-state index >= 15 is 0 Å². The number of carbonyl (C=O) groups is 4. The van der Waals surface area contributed by atoms with Gasteiger partial charge in [0.25, 0.3) is 0 Å². The van der Waals surface area contributed by atoms with Gasteiger partial charge in [0.15, 0.2) is 0 Å². The highest BCUT2D eigenvalue weighted by atomic mass is 16.4. The SMILES string of the molecule is CC(C)C(NC(=O)C(NC(=O)C(Cc1ccccc1)NC(=O)C(N)CCCCN)C(C)C)C(=O)O. The van der Waals surface area contributed by atoms with Gasteiger partial charge in [0.05, 0.1) is 6.04 Å². The van der Waals surface area contributed by atoms with Gasteiger partial charge in [0.2, 0.25) is 17.7 Å². The average molecular weight is 492 g/mol. The monoisotopic (exact) mass is 491 g/mol. The molecule has 4 atom stereocenters. The second-order valence-electron chi connectivity index (χ2n) is 9.44. The first kappa shape index (κ1) is 30.1. The van der Waals surface area contributed by atoms with Gasteiger partial charge in [-0.2, -0.15) is 0 Å². The molecule has 1 aromatic carbocycles. The highest BCUT2D eigenvalue weighted by Gasteiger charge is 2.32. The molecular formula is C25H41N5O5. The Bertz CT molecular complexity index is 831. The maximum absolute atomic E-state index is 13.3. The number of benzene rings is 1. The molecule has 8 N–H and O–H groups in total. The van der Waals surface area contributed by atoms with E-state index in [1.807, 2.05) is 30.3 Å². The first-order chi connectivity index (χ1) is 16.5. The summed E-state index contributed by atoms with van der Waals surface area (Å²) in [7, 11) is 0. The van der Waals surface area contributed by atoms with Crippen molar-refractivity contribution in [3.8, 4) is 0 Å². The number of nitrogens with one attached hydrogen (secondary N) is 3. The Morgan fingerprint density at radius 3 is 1.91 bits per heavy atom. The zero-order valence-electron chi connectivity index (χ0n) is 21.1. The summed E-state index contributed by atoms with van der Waals surface area (Å²) in [6, 6.07) is 5.32. The van der Waals surface area contributed by atoms with E-state index in [0.717, 1.165) is 12.0 Å². The molecule has 0 aromatic heterocycles. The number of carboxylic acids is 1. The van der Waals surface area contributed by atoms with Crippen molar-refractivity contribution in [3.63, 3.8) is 0 Å². The number of unbranched alkanes of at least 4 members (excludes halogenated alkanes) is 1. The number of amides is 3. The van der Waals surface area contributed by atoms with E-state index in [1.54, 1.807) is 27.7 Å². The van der Waals surface area contributed by atoms with Crippen molar-refractivity contribution in [2.45, 2.75) is 77.5 Å². The molecule has 10 nitrogen and oxygen atoms in total. The van der Waals surface area contributed by atoms with Gasteiger partial charge in [0.1, 0.15) is 18.1 Å². The van der Waals surface area contributed by atoms with Crippen LogP contribution in [0.3, 0.4) is 0 Å². The fraction of sp³-hybridized carbons (Fsp3) is 0.600. The number of rotatable bonds is 15. The molecule has 0 aliphatic carbocycles. The molecule has 4 unspecified atom stereocenters. The molecule has 196 valence electrons. The summed E-state index contributed by atoms with van der Waals surface area (Å²) in [6.45, 7) is 7.36. The first-order valence-electron chi connectivity index (χ1n) is 12.1. The molecule has 3 amide bonds. The highest BCUT2D eigenvalue weighted by molar-refractivity contribution is 5.94. The van der Waals surface area contributed by atoms with Crippen LogP contribution in [-0.4, -0.2) is 59.5 Å². The molecule has 35 heavy (non-hydrogen) atoms. The van der Waals surface area contributed by atoms with E-state index in [2.05, 4.69) is 16.0 Å². The molecule has 0 bridgehead atoms. The normalized spacial score (nSPS) is 14.6. The van der Waals surface area contributed by atoms with Gasteiger partial charge in [-0.25, -0.2) is 4.79 Å².